The van der Waals surface area contributed by atoms with Crippen molar-refractivity contribution < 1.29 is 8.42 Å². The van der Waals surface area contributed by atoms with E-state index in [-0.39, 0.29) is 16.3 Å². The molecule has 19 heavy (non-hydrogen) atoms. The summed E-state index contributed by atoms with van der Waals surface area (Å²) < 4.78 is 24.7. The molecular formula is C13H11Cl2NO2S. The van der Waals surface area contributed by atoms with Crippen molar-refractivity contribution >= 4 is 38.7 Å². The molecule has 0 bridgehead atoms. The largest absolute Gasteiger partial charge is 0.398 e. The van der Waals surface area contributed by atoms with Crippen molar-refractivity contribution in [1.29, 1.82) is 0 Å². The van der Waals surface area contributed by atoms with Gasteiger partial charge in [0.2, 0.25) is 0 Å². The maximum atomic E-state index is 12.3. The van der Waals surface area contributed by atoms with Crippen LogP contribution in [0.2, 0.25) is 10.0 Å². The fourth-order valence-corrected chi connectivity index (χ4v) is 3.74. The zero-order valence-corrected chi connectivity index (χ0v) is 12.1. The van der Waals surface area contributed by atoms with Crippen LogP contribution in [-0.2, 0) is 15.6 Å². The van der Waals surface area contributed by atoms with E-state index in [1.54, 1.807) is 30.3 Å². The zero-order chi connectivity index (χ0) is 14.0. The highest BCUT2D eigenvalue weighted by atomic mass is 35.5. The number of benzene rings is 2. The van der Waals surface area contributed by atoms with E-state index in [0.717, 1.165) is 0 Å². The van der Waals surface area contributed by atoms with Gasteiger partial charge in [0.05, 0.1) is 16.3 Å². The molecule has 0 aliphatic rings. The van der Waals surface area contributed by atoms with Crippen molar-refractivity contribution in [2.24, 2.45) is 0 Å². The summed E-state index contributed by atoms with van der Waals surface area (Å²) in [5, 5.41) is 0.735. The summed E-state index contributed by atoms with van der Waals surface area (Å²) in [5.74, 6) is -0.211. The first-order valence-electron chi connectivity index (χ1n) is 5.41. The molecule has 0 aromatic heterocycles. The van der Waals surface area contributed by atoms with E-state index in [9.17, 15) is 8.42 Å². The van der Waals surface area contributed by atoms with Crippen molar-refractivity contribution in [3.63, 3.8) is 0 Å². The maximum absolute atomic E-state index is 12.3. The van der Waals surface area contributed by atoms with E-state index < -0.39 is 9.84 Å². The van der Waals surface area contributed by atoms with Crippen molar-refractivity contribution in [2.45, 2.75) is 10.6 Å². The van der Waals surface area contributed by atoms with Gasteiger partial charge in [-0.05, 0) is 29.8 Å². The van der Waals surface area contributed by atoms with Crippen LogP contribution < -0.4 is 5.73 Å². The van der Waals surface area contributed by atoms with Gasteiger partial charge < -0.3 is 5.73 Å². The molecule has 0 heterocycles. The minimum Gasteiger partial charge on any atom is -0.398 e. The molecule has 100 valence electrons. The van der Waals surface area contributed by atoms with E-state index in [1.807, 2.05) is 0 Å². The molecule has 2 aromatic carbocycles. The first-order chi connectivity index (χ1) is 8.90. The topological polar surface area (TPSA) is 60.2 Å². The van der Waals surface area contributed by atoms with Gasteiger partial charge in [-0.1, -0.05) is 41.4 Å². The number of hydrogen-bond acceptors (Lipinski definition) is 3. The summed E-state index contributed by atoms with van der Waals surface area (Å²) in [6.07, 6.45) is 0. The van der Waals surface area contributed by atoms with Gasteiger partial charge >= 0.3 is 0 Å². The molecule has 0 aliphatic carbocycles. The summed E-state index contributed by atoms with van der Waals surface area (Å²) in [6.45, 7) is 0. The lowest BCUT2D eigenvalue weighted by Crippen LogP contribution is -2.08. The number of sulfone groups is 1. The maximum Gasteiger partial charge on any atom is 0.184 e. The number of nitrogen functional groups attached to an aromatic ring is 1. The van der Waals surface area contributed by atoms with Crippen molar-refractivity contribution in [3.8, 4) is 0 Å². The third-order valence-electron chi connectivity index (χ3n) is 2.61. The van der Waals surface area contributed by atoms with Crippen LogP contribution in [0.15, 0.2) is 47.4 Å². The SMILES string of the molecule is Nc1ccc(Cl)cc1S(=O)(=O)Cc1ccccc1Cl. The molecule has 2 N–H and O–H groups in total. The Morgan fingerprint density at radius 1 is 1.05 bits per heavy atom. The molecule has 0 saturated heterocycles. The van der Waals surface area contributed by atoms with Gasteiger partial charge in [-0.15, -0.1) is 0 Å². The average molecular weight is 316 g/mol. The zero-order valence-electron chi connectivity index (χ0n) is 9.81. The second kappa shape index (κ2) is 5.41. The molecule has 2 rings (SSSR count). The Hall–Kier alpha value is -1.23. The minimum absolute atomic E-state index is 0.0277. The van der Waals surface area contributed by atoms with Crippen LogP contribution in [0.25, 0.3) is 0 Å². The van der Waals surface area contributed by atoms with E-state index in [0.29, 0.717) is 15.6 Å². The number of anilines is 1. The average Bonchev–Trinajstić information content (AvgIpc) is 2.35. The Labute approximate surface area is 121 Å². The van der Waals surface area contributed by atoms with E-state index in [4.69, 9.17) is 28.9 Å². The van der Waals surface area contributed by atoms with E-state index in [2.05, 4.69) is 0 Å². The van der Waals surface area contributed by atoms with Gasteiger partial charge in [-0.25, -0.2) is 8.42 Å². The molecule has 0 aliphatic heterocycles. The van der Waals surface area contributed by atoms with Gasteiger partial charge in [-0.2, -0.15) is 0 Å². The van der Waals surface area contributed by atoms with Gasteiger partial charge in [0, 0.05) is 10.0 Å². The monoisotopic (exact) mass is 315 g/mol. The van der Waals surface area contributed by atoms with Crippen LogP contribution in [0.1, 0.15) is 5.56 Å². The first-order valence-corrected chi connectivity index (χ1v) is 7.82. The van der Waals surface area contributed by atoms with Crippen molar-refractivity contribution in [2.75, 3.05) is 5.73 Å². The molecule has 0 spiro atoms. The second-order valence-electron chi connectivity index (χ2n) is 4.03. The van der Waals surface area contributed by atoms with Crippen LogP contribution in [0.5, 0.6) is 0 Å². The van der Waals surface area contributed by atoms with Crippen LogP contribution in [0.4, 0.5) is 5.69 Å². The van der Waals surface area contributed by atoms with Crippen LogP contribution in [0.3, 0.4) is 0 Å². The normalized spacial score (nSPS) is 11.5. The Balaban J connectivity index is 2.44. The van der Waals surface area contributed by atoms with Crippen LogP contribution in [-0.4, -0.2) is 8.42 Å². The molecule has 0 amide bonds. The number of hydrogen-bond donors (Lipinski definition) is 1. The number of halogens is 2. The predicted octanol–water partition coefficient (Wildman–Crippen LogP) is 3.55. The minimum atomic E-state index is -3.58. The molecule has 0 radical (unpaired) electrons. The highest BCUT2D eigenvalue weighted by Gasteiger charge is 2.20. The van der Waals surface area contributed by atoms with Crippen LogP contribution >= 0.6 is 23.2 Å². The van der Waals surface area contributed by atoms with E-state index >= 15 is 0 Å². The fourth-order valence-electron chi connectivity index (χ4n) is 1.68. The second-order valence-corrected chi connectivity index (χ2v) is 6.83. The lowest BCUT2D eigenvalue weighted by atomic mass is 10.2. The summed E-state index contributed by atoms with van der Waals surface area (Å²) >= 11 is 11.8. The molecule has 0 saturated carbocycles. The lowest BCUT2D eigenvalue weighted by Gasteiger charge is -2.09. The van der Waals surface area contributed by atoms with E-state index in [1.165, 1.54) is 12.1 Å². The Bertz CT molecular complexity index is 714. The highest BCUT2D eigenvalue weighted by Crippen LogP contribution is 2.27. The van der Waals surface area contributed by atoms with Gasteiger partial charge in [0.15, 0.2) is 9.84 Å². The first kappa shape index (κ1) is 14.2. The summed E-state index contributed by atoms with van der Waals surface area (Å²) in [4.78, 5) is 0.0277. The molecular weight excluding hydrogens is 305 g/mol. The summed E-state index contributed by atoms with van der Waals surface area (Å²) in [6, 6.07) is 11.2. The van der Waals surface area contributed by atoms with Gasteiger partial charge in [-0.3, -0.25) is 0 Å². The third-order valence-corrected chi connectivity index (χ3v) is 4.93. The summed E-state index contributed by atoms with van der Waals surface area (Å²) in [5.41, 5.74) is 6.40. The molecule has 0 unspecified atom stereocenters. The quantitative estimate of drug-likeness (QED) is 0.881. The van der Waals surface area contributed by atoms with Crippen molar-refractivity contribution in [1.82, 2.24) is 0 Å². The Morgan fingerprint density at radius 2 is 1.74 bits per heavy atom. The number of rotatable bonds is 3. The standard InChI is InChI=1S/C13H11Cl2NO2S/c14-10-5-6-12(16)13(7-10)19(17,18)8-9-3-1-2-4-11(9)15/h1-7H,8,16H2. The smallest absolute Gasteiger partial charge is 0.184 e. The summed E-state index contributed by atoms with van der Waals surface area (Å²) in [7, 11) is -3.58. The number of nitrogens with two attached hydrogens (primary N) is 1. The Morgan fingerprint density at radius 3 is 2.42 bits per heavy atom. The third kappa shape index (κ3) is 3.21. The molecule has 0 fully saturated rings. The molecule has 6 heteroatoms. The van der Waals surface area contributed by atoms with Crippen LogP contribution in [0, 0.1) is 0 Å². The lowest BCUT2D eigenvalue weighted by molar-refractivity contribution is 0.595. The Kier molecular flexibility index (Phi) is 4.04. The fraction of sp³-hybridized carbons (Fsp3) is 0.0769. The highest BCUT2D eigenvalue weighted by molar-refractivity contribution is 7.90. The molecule has 3 nitrogen and oxygen atoms in total. The van der Waals surface area contributed by atoms with Crippen molar-refractivity contribution in [3.05, 3.63) is 58.1 Å². The van der Waals surface area contributed by atoms with Gasteiger partial charge in [0.1, 0.15) is 0 Å². The molecule has 0 atom stereocenters. The van der Waals surface area contributed by atoms with Gasteiger partial charge in [0.25, 0.3) is 0 Å². The predicted molar refractivity (Wildman–Crippen MR) is 78.2 cm³/mol. The molecule has 2 aromatic rings.